The fraction of sp³-hybridized carbons (Fsp3) is 0.429. The zero-order chi connectivity index (χ0) is 15.4. The summed E-state index contributed by atoms with van der Waals surface area (Å²) in [5.41, 5.74) is 4.57. The molecule has 22 heavy (non-hydrogen) atoms. The Labute approximate surface area is 135 Å². The van der Waals surface area contributed by atoms with Crippen molar-refractivity contribution < 1.29 is 0 Å². The minimum atomic E-state index is 0.624. The first-order valence-electron chi connectivity index (χ1n) is 8.59. The lowest BCUT2D eigenvalue weighted by Crippen LogP contribution is -2.32. The van der Waals surface area contributed by atoms with Crippen molar-refractivity contribution in [2.45, 2.75) is 45.1 Å². The van der Waals surface area contributed by atoms with Crippen LogP contribution in [0.15, 0.2) is 54.6 Å². The Bertz CT molecular complexity index is 580. The molecule has 0 atom stereocenters. The maximum atomic E-state index is 2.60. The van der Waals surface area contributed by atoms with Crippen molar-refractivity contribution in [3.8, 4) is 0 Å². The second kappa shape index (κ2) is 7.11. The van der Waals surface area contributed by atoms with Crippen LogP contribution in [0, 0.1) is 0 Å². The molecule has 1 saturated heterocycles. The van der Waals surface area contributed by atoms with E-state index in [1.165, 1.54) is 31.5 Å². The van der Waals surface area contributed by atoms with Crippen LogP contribution in [0.5, 0.6) is 0 Å². The second-order valence-electron chi connectivity index (χ2n) is 6.82. The molecule has 0 amide bonds. The van der Waals surface area contributed by atoms with Gasteiger partial charge < -0.3 is 0 Å². The molecule has 2 aromatic carbocycles. The average molecular weight is 293 g/mol. The summed E-state index contributed by atoms with van der Waals surface area (Å²) < 4.78 is 0. The van der Waals surface area contributed by atoms with Crippen molar-refractivity contribution in [3.05, 3.63) is 71.3 Å². The Balaban J connectivity index is 1.62. The molecular weight excluding hydrogens is 266 g/mol. The van der Waals surface area contributed by atoms with E-state index in [9.17, 15) is 0 Å². The lowest BCUT2D eigenvalue weighted by molar-refractivity contribution is 0.204. The third-order valence-corrected chi connectivity index (χ3v) is 4.89. The van der Waals surface area contributed by atoms with Gasteiger partial charge in [-0.2, -0.15) is 0 Å². The van der Waals surface area contributed by atoms with E-state index in [1.54, 1.807) is 11.1 Å². The number of hydrogen-bond acceptors (Lipinski definition) is 1. The highest BCUT2D eigenvalue weighted by Crippen LogP contribution is 2.33. The molecule has 0 saturated carbocycles. The highest BCUT2D eigenvalue weighted by atomic mass is 15.1. The SMILES string of the molecule is CC(C)c1ccccc1C1CCN(Cc2ccccc2)CC1. The first-order valence-corrected chi connectivity index (χ1v) is 8.59. The van der Waals surface area contributed by atoms with E-state index in [1.807, 2.05) is 0 Å². The highest BCUT2D eigenvalue weighted by Gasteiger charge is 2.22. The Kier molecular flexibility index (Phi) is 4.94. The lowest BCUT2D eigenvalue weighted by atomic mass is 9.83. The predicted molar refractivity (Wildman–Crippen MR) is 94.2 cm³/mol. The Morgan fingerprint density at radius 1 is 0.909 bits per heavy atom. The second-order valence-corrected chi connectivity index (χ2v) is 6.82. The van der Waals surface area contributed by atoms with Gasteiger partial charge in [0.25, 0.3) is 0 Å². The summed E-state index contributed by atoms with van der Waals surface area (Å²) in [6.07, 6.45) is 2.58. The molecule has 0 radical (unpaired) electrons. The summed E-state index contributed by atoms with van der Waals surface area (Å²) in [5, 5.41) is 0. The minimum absolute atomic E-state index is 0.624. The van der Waals surface area contributed by atoms with Crippen LogP contribution in [0.25, 0.3) is 0 Å². The number of piperidine rings is 1. The van der Waals surface area contributed by atoms with Gasteiger partial charge in [0.1, 0.15) is 0 Å². The number of nitrogens with zero attached hydrogens (tertiary/aromatic N) is 1. The third-order valence-electron chi connectivity index (χ3n) is 4.89. The largest absolute Gasteiger partial charge is 0.299 e. The predicted octanol–water partition coefficient (Wildman–Crippen LogP) is 5.19. The summed E-state index contributed by atoms with van der Waals surface area (Å²) in [7, 11) is 0. The van der Waals surface area contributed by atoms with Gasteiger partial charge in [0.05, 0.1) is 0 Å². The van der Waals surface area contributed by atoms with Gasteiger partial charge in [0, 0.05) is 6.54 Å². The Morgan fingerprint density at radius 3 is 2.23 bits per heavy atom. The van der Waals surface area contributed by atoms with E-state index in [0.29, 0.717) is 5.92 Å². The highest BCUT2D eigenvalue weighted by molar-refractivity contribution is 5.33. The molecule has 0 aliphatic carbocycles. The number of likely N-dealkylation sites (tertiary alicyclic amines) is 1. The average Bonchev–Trinajstić information content (AvgIpc) is 2.56. The van der Waals surface area contributed by atoms with E-state index in [-0.39, 0.29) is 0 Å². The van der Waals surface area contributed by atoms with E-state index < -0.39 is 0 Å². The molecule has 0 spiro atoms. The van der Waals surface area contributed by atoms with Gasteiger partial charge in [-0.25, -0.2) is 0 Å². The van der Waals surface area contributed by atoms with Crippen molar-refractivity contribution >= 4 is 0 Å². The van der Waals surface area contributed by atoms with Crippen molar-refractivity contribution in [1.29, 1.82) is 0 Å². The molecule has 1 heteroatoms. The van der Waals surface area contributed by atoms with Crippen molar-refractivity contribution in [2.75, 3.05) is 13.1 Å². The molecule has 2 aromatic rings. The Morgan fingerprint density at radius 2 is 1.55 bits per heavy atom. The Hall–Kier alpha value is -1.60. The van der Waals surface area contributed by atoms with Crippen LogP contribution in [0.4, 0.5) is 0 Å². The molecule has 1 aliphatic rings. The van der Waals surface area contributed by atoms with Crippen LogP contribution in [-0.2, 0) is 6.54 Å². The molecule has 0 N–H and O–H groups in total. The van der Waals surface area contributed by atoms with Gasteiger partial charge in [0.2, 0.25) is 0 Å². The normalized spacial score (nSPS) is 17.0. The molecule has 1 nitrogen and oxygen atoms in total. The quantitative estimate of drug-likeness (QED) is 0.750. The van der Waals surface area contributed by atoms with E-state index in [4.69, 9.17) is 0 Å². The molecule has 1 aliphatic heterocycles. The first-order chi connectivity index (χ1) is 10.7. The van der Waals surface area contributed by atoms with Gasteiger partial charge in [-0.05, 0) is 54.5 Å². The van der Waals surface area contributed by atoms with Gasteiger partial charge in [-0.3, -0.25) is 4.90 Å². The number of rotatable bonds is 4. The van der Waals surface area contributed by atoms with Crippen LogP contribution in [0.1, 0.15) is 55.2 Å². The van der Waals surface area contributed by atoms with Crippen LogP contribution in [0.2, 0.25) is 0 Å². The molecular formula is C21H27N. The van der Waals surface area contributed by atoms with Crippen LogP contribution >= 0.6 is 0 Å². The van der Waals surface area contributed by atoms with Crippen molar-refractivity contribution in [2.24, 2.45) is 0 Å². The van der Waals surface area contributed by atoms with Crippen molar-refractivity contribution in [3.63, 3.8) is 0 Å². The maximum Gasteiger partial charge on any atom is 0.0233 e. The smallest absolute Gasteiger partial charge is 0.0233 e. The number of benzene rings is 2. The van der Waals surface area contributed by atoms with E-state index >= 15 is 0 Å². The van der Waals surface area contributed by atoms with Crippen LogP contribution in [0.3, 0.4) is 0 Å². The van der Waals surface area contributed by atoms with E-state index in [0.717, 1.165) is 12.5 Å². The summed E-state index contributed by atoms with van der Waals surface area (Å²) in [6.45, 7) is 8.14. The van der Waals surface area contributed by atoms with Crippen LogP contribution in [-0.4, -0.2) is 18.0 Å². The minimum Gasteiger partial charge on any atom is -0.299 e. The van der Waals surface area contributed by atoms with Crippen molar-refractivity contribution in [1.82, 2.24) is 4.90 Å². The summed E-state index contributed by atoms with van der Waals surface area (Å²) in [5.74, 6) is 1.36. The zero-order valence-electron chi connectivity index (χ0n) is 13.8. The van der Waals surface area contributed by atoms with Gasteiger partial charge in [0.15, 0.2) is 0 Å². The van der Waals surface area contributed by atoms with E-state index in [2.05, 4.69) is 73.3 Å². The molecule has 0 unspecified atom stereocenters. The topological polar surface area (TPSA) is 3.24 Å². The fourth-order valence-electron chi connectivity index (χ4n) is 3.65. The number of hydrogen-bond donors (Lipinski definition) is 0. The summed E-state index contributed by atoms with van der Waals surface area (Å²) in [6, 6.07) is 19.9. The summed E-state index contributed by atoms with van der Waals surface area (Å²) in [4.78, 5) is 2.60. The monoisotopic (exact) mass is 293 g/mol. The standard InChI is InChI=1S/C21H27N/c1-17(2)20-10-6-7-11-21(20)19-12-14-22(15-13-19)16-18-8-4-3-5-9-18/h3-11,17,19H,12-16H2,1-2H3. The molecule has 0 bridgehead atoms. The lowest BCUT2D eigenvalue weighted by Gasteiger charge is -2.33. The molecule has 3 rings (SSSR count). The van der Waals surface area contributed by atoms with Gasteiger partial charge in [-0.1, -0.05) is 68.4 Å². The van der Waals surface area contributed by atoms with Gasteiger partial charge >= 0.3 is 0 Å². The molecule has 1 heterocycles. The summed E-state index contributed by atoms with van der Waals surface area (Å²) >= 11 is 0. The maximum absolute atomic E-state index is 2.60. The zero-order valence-corrected chi connectivity index (χ0v) is 13.8. The van der Waals surface area contributed by atoms with Crippen LogP contribution < -0.4 is 0 Å². The molecule has 116 valence electrons. The molecule has 1 fully saturated rings. The fourth-order valence-corrected chi connectivity index (χ4v) is 3.65. The van der Waals surface area contributed by atoms with Gasteiger partial charge in [-0.15, -0.1) is 0 Å². The molecule has 0 aromatic heterocycles. The first kappa shape index (κ1) is 15.3. The third kappa shape index (κ3) is 3.59.